The summed E-state index contributed by atoms with van der Waals surface area (Å²) in [5, 5.41) is 9.81. The van der Waals surface area contributed by atoms with E-state index in [1.54, 1.807) is 13.8 Å². The van der Waals surface area contributed by atoms with E-state index in [0.717, 1.165) is 7.06 Å². The van der Waals surface area contributed by atoms with Crippen molar-refractivity contribution in [1.82, 2.24) is 29.9 Å². The van der Waals surface area contributed by atoms with Crippen LogP contribution in [0.3, 0.4) is 0 Å². The van der Waals surface area contributed by atoms with Gasteiger partial charge in [0.25, 0.3) is 0 Å². The standard InChI is InChI=1S/C7H6BrClN2O.C7H9ClN2O.C7H7ClN2O.Al.B3.Br2.3ClH.Mn.2O/c1-4(8)6(12)5-2-10-7(9)11-3-5;2*1-2-6(11)5-3-9-7(8)10-4-5;;1-3-2;1-2;;;;;;/h2-4H,1H3;3-4,6,11H,2H2,1H3;3-4H,2H2,1H3;;;;3*1H;;;/q;;;+3;;;;;;;;/p-3. The minimum atomic E-state index is -1.72. The molecule has 0 aromatic carbocycles. The molecular weight excluding hydrogens is 983 g/mol. The van der Waals surface area contributed by atoms with Crippen LogP contribution in [0.15, 0.2) is 37.2 Å². The second kappa shape index (κ2) is 36.8. The Morgan fingerprint density at radius 2 is 1.13 bits per heavy atom. The molecule has 0 spiro atoms. The Bertz CT molecular complexity index is 1240. The molecule has 3 rings (SSSR count). The zero-order chi connectivity index (χ0) is 36.7. The van der Waals surface area contributed by atoms with Crippen LogP contribution in [0.1, 0.15) is 66.0 Å². The predicted molar refractivity (Wildman–Crippen MR) is 194 cm³/mol. The summed E-state index contributed by atoms with van der Waals surface area (Å²) in [5.74, 6) is -0.0201. The Hall–Kier alpha value is 0.567. The second-order valence-corrected chi connectivity index (χ2v) is 16.0. The number of carbonyl (C=O) groups is 2. The number of halogens is 9. The maximum absolute atomic E-state index is 11.3. The molecule has 0 aliphatic rings. The third kappa shape index (κ3) is 33.1. The molecule has 3 aromatic heterocycles. The van der Waals surface area contributed by atoms with Crippen LogP contribution in [-0.2, 0) is 22.5 Å². The molecule has 2 unspecified atom stereocenters. The van der Waals surface area contributed by atoms with Crippen LogP contribution in [0.4, 0.5) is 0 Å². The maximum atomic E-state index is 11.3. The van der Waals surface area contributed by atoms with E-state index in [9.17, 15) is 14.7 Å². The molecule has 0 aliphatic heterocycles. The van der Waals surface area contributed by atoms with Crippen LogP contribution in [0, 0.1) is 0 Å². The Morgan fingerprint density at radius 3 is 1.39 bits per heavy atom. The summed E-state index contributed by atoms with van der Waals surface area (Å²) in [4.78, 5) is 44.3. The Kier molecular flexibility index (Phi) is 42.7. The number of aliphatic hydroxyl groups is 1. The SMILES string of the molecule is BrBr.CC(Br)C(=O)c1cnc(Cl)nc1.CCC(=O)c1cnc(Cl)nc1.CCC(O)c1cnc(Cl)nc1.[B][B][B].[Cl][Al]([Cl])[Cl].[O]=[Mn]=[O]. The summed E-state index contributed by atoms with van der Waals surface area (Å²) in [6, 6.07) is 0. The molecule has 3 aromatic rings. The van der Waals surface area contributed by atoms with Crippen molar-refractivity contribution in [2.24, 2.45) is 0 Å². The number of hydrogen-bond acceptors (Lipinski definition) is 11. The molecule has 1 N–H and O–H groups in total. The number of hydrogen-bond donors (Lipinski definition) is 1. The van der Waals surface area contributed by atoms with E-state index in [1.807, 2.05) is 6.92 Å². The normalized spacial score (nSPS) is 9.93. The number of ketones is 2. The van der Waals surface area contributed by atoms with Crippen LogP contribution < -0.4 is 0 Å². The molecule has 2 atom stereocenters. The summed E-state index contributed by atoms with van der Waals surface area (Å²) in [5.41, 5.74) is 1.68. The van der Waals surface area contributed by atoms with E-state index in [1.165, 1.54) is 37.2 Å². The monoisotopic (exact) mass is 1000 g/mol. The first-order valence-electron chi connectivity index (χ1n) is 11.7. The topological polar surface area (TPSA) is 166 Å². The van der Waals surface area contributed by atoms with Gasteiger partial charge in [0.05, 0.1) is 22.1 Å². The van der Waals surface area contributed by atoms with E-state index < -0.39 is 32.3 Å². The molecule has 0 saturated carbocycles. The summed E-state index contributed by atoms with van der Waals surface area (Å²) < 4.78 is 16.8. The third-order valence-corrected chi connectivity index (χ3v) is 4.94. The van der Waals surface area contributed by atoms with Crippen molar-refractivity contribution in [1.29, 1.82) is 0 Å². The summed E-state index contributed by atoms with van der Waals surface area (Å²) >= 11 is 21.8. The van der Waals surface area contributed by atoms with E-state index >= 15 is 0 Å². The predicted octanol–water partition coefficient (Wildman–Crippen LogP) is 7.39. The van der Waals surface area contributed by atoms with Gasteiger partial charge >= 0.3 is 33.9 Å². The van der Waals surface area contributed by atoms with Gasteiger partial charge in [0, 0.05) is 100.0 Å². The Balaban J connectivity index is -0.000000245. The van der Waals surface area contributed by atoms with Gasteiger partial charge in [0.1, 0.15) is 0 Å². The molecule has 5 radical (unpaired) electrons. The van der Waals surface area contributed by atoms with E-state index in [4.69, 9.17) is 72.6 Å². The zero-order valence-electron chi connectivity index (χ0n) is 23.9. The number of Topliss-reactive ketones (excluding diaryl/α,β-unsaturated/α-hetero) is 2. The van der Waals surface area contributed by atoms with Crippen LogP contribution in [-0.4, -0.2) is 85.3 Å². The van der Waals surface area contributed by atoms with Gasteiger partial charge in [-0.1, -0.05) is 29.8 Å². The van der Waals surface area contributed by atoms with Crippen LogP contribution in [0.5, 0.6) is 0 Å². The average molecular weight is 1010 g/mol. The van der Waals surface area contributed by atoms with Gasteiger partial charge in [-0.05, 0) is 48.1 Å². The Labute approximate surface area is 332 Å². The van der Waals surface area contributed by atoms with Gasteiger partial charge in [-0.3, -0.25) is 9.59 Å². The second-order valence-electron chi connectivity index (χ2n) is 6.95. The van der Waals surface area contributed by atoms with Crippen LogP contribution >= 0.6 is 109 Å². The van der Waals surface area contributed by atoms with Crippen molar-refractivity contribution in [2.75, 3.05) is 0 Å². The van der Waals surface area contributed by atoms with Crippen LogP contribution in [0.2, 0.25) is 15.9 Å². The fourth-order valence-corrected chi connectivity index (χ4v) is 2.62. The van der Waals surface area contributed by atoms with Gasteiger partial charge in [0.15, 0.2) is 11.6 Å². The van der Waals surface area contributed by atoms with Gasteiger partial charge in [-0.25, -0.2) is 60.1 Å². The molecule has 0 aliphatic carbocycles. The average Bonchev–Trinajstić information content (AvgIpc) is 3.03. The summed E-state index contributed by atoms with van der Waals surface area (Å²) in [6.07, 6.45) is 9.39. The molecule has 25 heteroatoms. The van der Waals surface area contributed by atoms with Crippen molar-refractivity contribution in [3.63, 3.8) is 0 Å². The number of alkyl halides is 1. The van der Waals surface area contributed by atoms with Crippen molar-refractivity contribution in [3.8, 4) is 0 Å². The quantitative estimate of drug-likeness (QED) is 0.113. The van der Waals surface area contributed by atoms with Crippen molar-refractivity contribution in [3.05, 3.63) is 69.7 Å². The first-order valence-corrected chi connectivity index (χ1v) is 23.6. The van der Waals surface area contributed by atoms with E-state index in [0.29, 0.717) is 29.5 Å². The summed E-state index contributed by atoms with van der Waals surface area (Å²) in [7, 11) is 24.8. The molecule has 0 saturated heterocycles. The minimum absolute atomic E-state index is 0.0293. The van der Waals surface area contributed by atoms with Gasteiger partial charge < -0.3 is 5.11 Å². The fraction of sp³-hybridized carbons (Fsp3) is 0.333. The first kappa shape index (κ1) is 53.4. The number of aliphatic hydroxyl groups excluding tert-OH is 1. The number of aromatic nitrogens is 6. The fourth-order valence-electron chi connectivity index (χ4n) is 2.06. The molecule has 3 heterocycles. The molecule has 0 bridgehead atoms. The molecule has 11 nitrogen and oxygen atoms in total. The molecule has 46 heavy (non-hydrogen) atoms. The molecule has 248 valence electrons. The van der Waals surface area contributed by atoms with Crippen molar-refractivity contribution in [2.45, 2.75) is 44.5 Å². The summed E-state index contributed by atoms with van der Waals surface area (Å²) in [6.45, 7) is 5.42. The molecule has 0 fully saturated rings. The number of nitrogens with zero attached hydrogens (tertiary/aromatic N) is 6. The zero-order valence-corrected chi connectivity index (χ0v) is 35.5. The number of rotatable bonds is 6. The van der Waals surface area contributed by atoms with Gasteiger partial charge in [0.2, 0.25) is 15.9 Å². The van der Waals surface area contributed by atoms with E-state index in [-0.39, 0.29) is 32.2 Å². The molecule has 0 amide bonds. The molecular formula is C21H22AlB3Br3Cl6MnN6O5. The first-order chi connectivity index (χ1) is 21.6. The number of carbonyl (C=O) groups excluding carboxylic acids is 2. The van der Waals surface area contributed by atoms with Crippen LogP contribution in [0.25, 0.3) is 0 Å². The van der Waals surface area contributed by atoms with Crippen molar-refractivity contribution >= 4 is 155 Å². The van der Waals surface area contributed by atoms with Gasteiger partial charge in [-0.2, -0.15) is 0 Å². The Morgan fingerprint density at radius 1 is 0.848 bits per heavy atom. The third-order valence-electron chi connectivity index (χ3n) is 3.94. The van der Waals surface area contributed by atoms with E-state index in [2.05, 4.69) is 89.6 Å². The van der Waals surface area contributed by atoms with Gasteiger partial charge in [-0.15, -0.1) is 0 Å². The van der Waals surface area contributed by atoms with Crippen molar-refractivity contribution < 1.29 is 37.2 Å².